The van der Waals surface area contributed by atoms with Crippen LogP contribution in [0.15, 0.2) is 46.4 Å². The second-order valence-electron chi connectivity index (χ2n) is 8.28. The van der Waals surface area contributed by atoms with Crippen molar-refractivity contribution in [3.05, 3.63) is 42.0 Å². The van der Waals surface area contributed by atoms with E-state index in [2.05, 4.69) is 20.6 Å². The number of amides is 3. The predicted octanol–water partition coefficient (Wildman–Crippen LogP) is -0.976. The zero-order valence-electron chi connectivity index (χ0n) is 20.8. The third-order valence-corrected chi connectivity index (χ3v) is 5.43. The number of hydrogen-bond acceptors (Lipinski definition) is 7. The minimum Gasteiger partial charge on any atom is -0.496 e. The SMILES string of the molecule is COc1cc(C(=O)NC(=O)[C@H](CCCN=C(N)N)NC(=O)[C@@H](N)CCCN=C(N)N)cc2ccccc12. The summed E-state index contributed by atoms with van der Waals surface area (Å²) in [5.41, 5.74) is 27.4. The summed E-state index contributed by atoms with van der Waals surface area (Å²) in [7, 11) is 1.50. The summed E-state index contributed by atoms with van der Waals surface area (Å²) in [4.78, 5) is 46.3. The maximum absolute atomic E-state index is 13.0. The van der Waals surface area contributed by atoms with Gasteiger partial charge in [-0.05, 0) is 43.2 Å². The highest BCUT2D eigenvalue weighted by Crippen LogP contribution is 2.27. The van der Waals surface area contributed by atoms with Crippen LogP contribution >= 0.6 is 0 Å². The number of imide groups is 1. The van der Waals surface area contributed by atoms with Crippen molar-refractivity contribution in [2.75, 3.05) is 20.2 Å². The van der Waals surface area contributed by atoms with E-state index >= 15 is 0 Å². The van der Waals surface area contributed by atoms with E-state index in [1.807, 2.05) is 24.3 Å². The second kappa shape index (κ2) is 14.2. The molecule has 0 heterocycles. The van der Waals surface area contributed by atoms with Crippen LogP contribution in [-0.2, 0) is 9.59 Å². The number of hydrogen-bond donors (Lipinski definition) is 7. The molecule has 2 aromatic carbocycles. The van der Waals surface area contributed by atoms with Crippen LogP contribution in [0.3, 0.4) is 0 Å². The molecule has 0 aromatic heterocycles. The van der Waals surface area contributed by atoms with Crippen LogP contribution in [0.1, 0.15) is 36.0 Å². The number of rotatable bonds is 13. The minimum atomic E-state index is -1.04. The molecule has 0 spiro atoms. The molecule has 2 aromatic rings. The van der Waals surface area contributed by atoms with E-state index in [0.29, 0.717) is 31.6 Å². The Bertz CT molecular complexity index is 1160. The number of methoxy groups -OCH3 is 1. The average Bonchev–Trinajstić information content (AvgIpc) is 2.86. The zero-order valence-corrected chi connectivity index (χ0v) is 20.8. The standard InChI is InChI=1S/C24H35N9O4/c1-37-19-13-15(12-14-6-2-3-7-16(14)19)20(34)33-22(36)18(9-5-11-31-24(28)29)32-21(35)17(25)8-4-10-30-23(26)27/h2-3,6-7,12-13,17-18H,4-5,8-11,25H2,1H3,(H,32,35)(H4,26,27,30)(H4,28,29,31)(H,33,34,36)/t17-,18-/m0/s1. The maximum Gasteiger partial charge on any atom is 0.258 e. The van der Waals surface area contributed by atoms with E-state index in [0.717, 1.165) is 10.8 Å². The summed E-state index contributed by atoms with van der Waals surface area (Å²) in [6.45, 7) is 0.553. The number of carbonyl (C=O) groups excluding carboxylic acids is 3. The van der Waals surface area contributed by atoms with Gasteiger partial charge in [0.1, 0.15) is 11.8 Å². The number of carbonyl (C=O) groups is 3. The quantitative estimate of drug-likeness (QED) is 0.0988. The van der Waals surface area contributed by atoms with Gasteiger partial charge in [-0.3, -0.25) is 29.7 Å². The van der Waals surface area contributed by atoms with Gasteiger partial charge >= 0.3 is 0 Å². The van der Waals surface area contributed by atoms with E-state index in [-0.39, 0.29) is 30.4 Å². The summed E-state index contributed by atoms with van der Waals surface area (Å²) in [5.74, 6) is -1.53. The highest BCUT2D eigenvalue weighted by atomic mass is 16.5. The van der Waals surface area contributed by atoms with Crippen LogP contribution in [0.25, 0.3) is 10.8 Å². The van der Waals surface area contributed by atoms with Gasteiger partial charge in [0, 0.05) is 24.0 Å². The van der Waals surface area contributed by atoms with Crippen molar-refractivity contribution >= 4 is 40.4 Å². The normalized spacial score (nSPS) is 12.2. The first-order chi connectivity index (χ1) is 17.6. The molecule has 2 atom stereocenters. The van der Waals surface area contributed by atoms with Crippen molar-refractivity contribution in [2.45, 2.75) is 37.8 Å². The van der Waals surface area contributed by atoms with Gasteiger partial charge in [0.2, 0.25) is 11.8 Å². The summed E-state index contributed by atoms with van der Waals surface area (Å²) in [6, 6.07) is 8.64. The highest BCUT2D eigenvalue weighted by Gasteiger charge is 2.25. The van der Waals surface area contributed by atoms with Gasteiger partial charge in [-0.25, -0.2) is 0 Å². The lowest BCUT2D eigenvalue weighted by Gasteiger charge is -2.20. The Morgan fingerprint density at radius 2 is 1.54 bits per heavy atom. The number of benzene rings is 2. The molecule has 0 bridgehead atoms. The first-order valence-corrected chi connectivity index (χ1v) is 11.7. The number of nitrogens with one attached hydrogen (secondary N) is 2. The van der Waals surface area contributed by atoms with Gasteiger partial charge < -0.3 is 38.7 Å². The van der Waals surface area contributed by atoms with Crippen LogP contribution in [0, 0.1) is 0 Å². The molecular weight excluding hydrogens is 478 g/mol. The van der Waals surface area contributed by atoms with E-state index < -0.39 is 29.8 Å². The molecule has 37 heavy (non-hydrogen) atoms. The first-order valence-electron chi connectivity index (χ1n) is 11.7. The van der Waals surface area contributed by atoms with Crippen molar-refractivity contribution in [3.8, 4) is 5.75 Å². The third-order valence-electron chi connectivity index (χ3n) is 5.43. The Balaban J connectivity index is 2.11. The molecule has 0 saturated heterocycles. The van der Waals surface area contributed by atoms with Crippen molar-refractivity contribution < 1.29 is 19.1 Å². The van der Waals surface area contributed by atoms with Gasteiger partial charge in [-0.15, -0.1) is 0 Å². The number of fused-ring (bicyclic) bond motifs is 1. The van der Waals surface area contributed by atoms with Crippen molar-refractivity contribution in [2.24, 2.45) is 38.7 Å². The number of guanidine groups is 2. The lowest BCUT2D eigenvalue weighted by atomic mass is 10.0. The molecule has 0 aliphatic rings. The first kappa shape index (κ1) is 28.8. The monoisotopic (exact) mass is 513 g/mol. The van der Waals surface area contributed by atoms with Gasteiger partial charge in [-0.2, -0.15) is 0 Å². The molecule has 2 rings (SSSR count). The average molecular weight is 514 g/mol. The second-order valence-corrected chi connectivity index (χ2v) is 8.28. The van der Waals surface area contributed by atoms with Crippen LogP contribution in [-0.4, -0.2) is 61.9 Å². The fourth-order valence-electron chi connectivity index (χ4n) is 3.55. The van der Waals surface area contributed by atoms with E-state index in [4.69, 9.17) is 33.4 Å². The summed E-state index contributed by atoms with van der Waals surface area (Å²) in [5, 5.41) is 6.56. The van der Waals surface area contributed by atoms with Crippen molar-refractivity contribution in [1.29, 1.82) is 0 Å². The molecule has 12 N–H and O–H groups in total. The van der Waals surface area contributed by atoms with Crippen LogP contribution in [0.2, 0.25) is 0 Å². The number of nitrogens with zero attached hydrogens (tertiary/aromatic N) is 2. The molecule has 13 nitrogen and oxygen atoms in total. The predicted molar refractivity (Wildman–Crippen MR) is 143 cm³/mol. The van der Waals surface area contributed by atoms with Crippen molar-refractivity contribution in [3.63, 3.8) is 0 Å². The molecule has 0 aliphatic heterocycles. The smallest absolute Gasteiger partial charge is 0.258 e. The largest absolute Gasteiger partial charge is 0.496 e. The summed E-state index contributed by atoms with van der Waals surface area (Å²) >= 11 is 0. The Labute approximate surface area is 214 Å². The number of ether oxygens (including phenoxy) is 1. The number of aliphatic imine (C=N–C) groups is 2. The van der Waals surface area contributed by atoms with Gasteiger partial charge in [0.25, 0.3) is 5.91 Å². The third kappa shape index (κ3) is 9.29. The zero-order chi connectivity index (χ0) is 27.4. The molecule has 0 saturated carbocycles. The highest BCUT2D eigenvalue weighted by molar-refractivity contribution is 6.09. The lowest BCUT2D eigenvalue weighted by molar-refractivity contribution is -0.129. The number of nitrogens with two attached hydrogens (primary N) is 5. The van der Waals surface area contributed by atoms with Crippen LogP contribution in [0.4, 0.5) is 0 Å². The minimum absolute atomic E-state index is 0.0516. The molecule has 0 radical (unpaired) electrons. The van der Waals surface area contributed by atoms with Crippen molar-refractivity contribution in [1.82, 2.24) is 10.6 Å². The Kier molecular flexibility index (Phi) is 11.1. The van der Waals surface area contributed by atoms with Gasteiger partial charge in [0.05, 0.1) is 13.2 Å². The topological polar surface area (TPSA) is 239 Å². The molecule has 200 valence electrons. The fraction of sp³-hybridized carbons (Fsp3) is 0.375. The molecular formula is C24H35N9O4. The molecule has 0 aliphatic carbocycles. The van der Waals surface area contributed by atoms with E-state index in [9.17, 15) is 14.4 Å². The van der Waals surface area contributed by atoms with Crippen LogP contribution < -0.4 is 44.0 Å². The summed E-state index contributed by atoms with van der Waals surface area (Å²) < 4.78 is 5.40. The molecule has 13 heteroatoms. The maximum atomic E-state index is 13.0. The fourth-order valence-corrected chi connectivity index (χ4v) is 3.55. The molecule has 3 amide bonds. The lowest BCUT2D eigenvalue weighted by Crippen LogP contribution is -2.52. The molecule has 0 unspecified atom stereocenters. The van der Waals surface area contributed by atoms with Crippen LogP contribution in [0.5, 0.6) is 5.75 Å². The summed E-state index contributed by atoms with van der Waals surface area (Å²) in [6.07, 6.45) is 1.30. The molecule has 0 fully saturated rings. The van der Waals surface area contributed by atoms with Gasteiger partial charge in [0.15, 0.2) is 11.9 Å². The Morgan fingerprint density at radius 1 is 0.919 bits per heavy atom. The van der Waals surface area contributed by atoms with E-state index in [1.165, 1.54) is 7.11 Å². The van der Waals surface area contributed by atoms with E-state index in [1.54, 1.807) is 12.1 Å². The van der Waals surface area contributed by atoms with Gasteiger partial charge in [-0.1, -0.05) is 24.3 Å². The Hall–Kier alpha value is -4.39. The Morgan fingerprint density at radius 3 is 2.16 bits per heavy atom.